The summed E-state index contributed by atoms with van der Waals surface area (Å²) in [5.74, 6) is 1.03. The van der Waals surface area contributed by atoms with Crippen molar-refractivity contribution in [3.63, 3.8) is 0 Å². The van der Waals surface area contributed by atoms with Crippen molar-refractivity contribution >= 4 is 17.6 Å². The van der Waals surface area contributed by atoms with E-state index in [9.17, 15) is 14.4 Å². The van der Waals surface area contributed by atoms with E-state index in [1.165, 1.54) is 6.92 Å². The summed E-state index contributed by atoms with van der Waals surface area (Å²) in [6.45, 7) is 5.87. The fraction of sp³-hybridized carbons (Fsp3) is 0.476. The van der Waals surface area contributed by atoms with Crippen LogP contribution in [-0.4, -0.2) is 52.3 Å². The molecule has 0 bridgehead atoms. The highest BCUT2D eigenvalue weighted by atomic mass is 16.7. The first-order valence-electron chi connectivity index (χ1n) is 9.59. The summed E-state index contributed by atoms with van der Waals surface area (Å²) in [5.41, 5.74) is 1.11. The second-order valence-corrected chi connectivity index (χ2v) is 8.20. The molecule has 1 aliphatic carbocycles. The van der Waals surface area contributed by atoms with Gasteiger partial charge in [-0.15, -0.1) is 0 Å². The zero-order valence-electron chi connectivity index (χ0n) is 16.1. The Labute approximate surface area is 162 Å². The average molecular weight is 382 g/mol. The Morgan fingerprint density at radius 2 is 1.93 bits per heavy atom. The van der Waals surface area contributed by atoms with Crippen LogP contribution in [0.5, 0.6) is 11.5 Å². The molecule has 4 aliphatic rings. The first-order chi connectivity index (χ1) is 13.3. The molecular formula is C21H22N2O5. The van der Waals surface area contributed by atoms with Gasteiger partial charge >= 0.3 is 0 Å². The van der Waals surface area contributed by atoms with Crippen molar-refractivity contribution in [2.45, 2.75) is 57.3 Å². The molecule has 1 aromatic rings. The predicted octanol–water partition coefficient (Wildman–Crippen LogP) is 1.53. The lowest BCUT2D eigenvalue weighted by Gasteiger charge is -2.47. The summed E-state index contributed by atoms with van der Waals surface area (Å²) in [4.78, 5) is 41.8. The molecule has 0 N–H and O–H groups in total. The number of nitrogens with zero attached hydrogens (tertiary/aromatic N) is 2. The van der Waals surface area contributed by atoms with Crippen LogP contribution in [0, 0.1) is 0 Å². The molecule has 7 nitrogen and oxygen atoms in total. The Bertz CT molecular complexity index is 952. The molecule has 0 saturated carbocycles. The molecule has 2 amide bonds. The minimum absolute atomic E-state index is 0.00281. The van der Waals surface area contributed by atoms with Crippen LogP contribution in [0.1, 0.15) is 38.3 Å². The summed E-state index contributed by atoms with van der Waals surface area (Å²) in [6.07, 6.45) is 3.67. The molecule has 1 aromatic carbocycles. The largest absolute Gasteiger partial charge is 0.454 e. The summed E-state index contributed by atoms with van der Waals surface area (Å²) in [7, 11) is 0. The van der Waals surface area contributed by atoms with Crippen molar-refractivity contribution < 1.29 is 23.9 Å². The van der Waals surface area contributed by atoms with Crippen molar-refractivity contribution in [2.24, 2.45) is 0 Å². The number of hydrogen-bond acceptors (Lipinski definition) is 5. The van der Waals surface area contributed by atoms with Gasteiger partial charge in [-0.25, -0.2) is 0 Å². The van der Waals surface area contributed by atoms with Gasteiger partial charge in [0.1, 0.15) is 6.04 Å². The van der Waals surface area contributed by atoms with Crippen molar-refractivity contribution in [1.29, 1.82) is 0 Å². The van der Waals surface area contributed by atoms with E-state index in [0.717, 1.165) is 11.1 Å². The molecule has 3 aliphatic heterocycles. The number of allylic oxidation sites excluding steroid dienone is 1. The quantitative estimate of drug-likeness (QED) is 0.736. The van der Waals surface area contributed by atoms with Gasteiger partial charge in [-0.3, -0.25) is 14.4 Å². The molecular weight excluding hydrogens is 360 g/mol. The molecule has 1 unspecified atom stereocenters. The standard InChI is InChI=1S/C21H22N2O5/c1-11(2)23-18-7-14(25)4-5-21(18)15-8-17-16(27-10-28-17)6-13(15)9-22(12(3)24)19(21)20(23)26/h4-6,8,11,18-19H,7,9-10H2,1-3H3/t18-,19+,21?/m0/s1. The van der Waals surface area contributed by atoms with E-state index >= 15 is 0 Å². The first kappa shape index (κ1) is 17.3. The summed E-state index contributed by atoms with van der Waals surface area (Å²) in [6, 6.07) is 2.78. The van der Waals surface area contributed by atoms with Gasteiger partial charge < -0.3 is 19.3 Å². The van der Waals surface area contributed by atoms with Gasteiger partial charge in [0.05, 0.1) is 11.5 Å². The lowest BCUT2D eigenvalue weighted by molar-refractivity contribution is -0.143. The van der Waals surface area contributed by atoms with E-state index < -0.39 is 11.5 Å². The van der Waals surface area contributed by atoms with Crippen LogP contribution in [0.2, 0.25) is 0 Å². The van der Waals surface area contributed by atoms with Crippen LogP contribution >= 0.6 is 0 Å². The SMILES string of the molecule is CC(=O)N1Cc2cc3c(cc2C24C=CC(=O)C[C@@H]2N(C(C)C)C(=O)[C@@H]14)OCO3. The Morgan fingerprint density at radius 1 is 1.21 bits per heavy atom. The zero-order valence-corrected chi connectivity index (χ0v) is 16.1. The van der Waals surface area contributed by atoms with E-state index in [2.05, 4.69) is 0 Å². The number of hydrogen-bond donors (Lipinski definition) is 0. The number of carbonyl (C=O) groups is 3. The number of amides is 2. The highest BCUT2D eigenvalue weighted by Gasteiger charge is 2.65. The smallest absolute Gasteiger partial charge is 0.247 e. The third-order valence-corrected chi connectivity index (χ3v) is 6.45. The van der Waals surface area contributed by atoms with E-state index in [4.69, 9.17) is 9.47 Å². The molecule has 1 spiro atoms. The minimum Gasteiger partial charge on any atom is -0.454 e. The van der Waals surface area contributed by atoms with Gasteiger partial charge in [-0.2, -0.15) is 0 Å². The maximum absolute atomic E-state index is 13.5. The monoisotopic (exact) mass is 382 g/mol. The molecule has 28 heavy (non-hydrogen) atoms. The number of ketones is 1. The third-order valence-electron chi connectivity index (χ3n) is 6.45. The first-order valence-corrected chi connectivity index (χ1v) is 9.59. The van der Waals surface area contributed by atoms with Gasteiger partial charge in [0.15, 0.2) is 17.3 Å². The summed E-state index contributed by atoms with van der Waals surface area (Å²) >= 11 is 0. The molecule has 7 heteroatoms. The molecule has 3 heterocycles. The van der Waals surface area contributed by atoms with E-state index in [1.807, 2.05) is 32.1 Å². The summed E-state index contributed by atoms with van der Waals surface area (Å²) < 4.78 is 11.1. The average Bonchev–Trinajstić information content (AvgIpc) is 3.19. The Balaban J connectivity index is 1.81. The lowest BCUT2D eigenvalue weighted by Crippen LogP contribution is -2.58. The van der Waals surface area contributed by atoms with Gasteiger partial charge in [-0.1, -0.05) is 6.08 Å². The predicted molar refractivity (Wildman–Crippen MR) is 98.8 cm³/mol. The maximum atomic E-state index is 13.5. The van der Waals surface area contributed by atoms with Gasteiger partial charge in [0.25, 0.3) is 0 Å². The van der Waals surface area contributed by atoms with E-state index in [1.54, 1.807) is 15.9 Å². The normalized spacial score (nSPS) is 29.9. The van der Waals surface area contributed by atoms with Crippen LogP contribution in [0.3, 0.4) is 0 Å². The molecule has 1 saturated heterocycles. The number of ether oxygens (including phenoxy) is 2. The van der Waals surface area contributed by atoms with Crippen LogP contribution in [0.25, 0.3) is 0 Å². The second kappa shape index (κ2) is 5.59. The number of carbonyl (C=O) groups excluding carboxylic acids is 3. The Hall–Kier alpha value is -2.83. The van der Waals surface area contributed by atoms with Gasteiger partial charge in [-0.05, 0) is 43.2 Å². The highest BCUT2D eigenvalue weighted by Crippen LogP contribution is 2.54. The molecule has 3 atom stereocenters. The number of likely N-dealkylation sites (tertiary alicyclic amines) is 1. The minimum atomic E-state index is -0.768. The topological polar surface area (TPSA) is 76.2 Å². The van der Waals surface area contributed by atoms with Gasteiger partial charge in [0, 0.05) is 25.9 Å². The zero-order chi connectivity index (χ0) is 19.8. The van der Waals surface area contributed by atoms with Crippen molar-refractivity contribution in [3.05, 3.63) is 35.4 Å². The van der Waals surface area contributed by atoms with E-state index in [-0.39, 0.29) is 42.9 Å². The van der Waals surface area contributed by atoms with Crippen LogP contribution in [0.15, 0.2) is 24.3 Å². The lowest BCUT2D eigenvalue weighted by atomic mass is 9.63. The van der Waals surface area contributed by atoms with Crippen LogP contribution < -0.4 is 9.47 Å². The molecule has 0 aromatic heterocycles. The number of benzene rings is 1. The van der Waals surface area contributed by atoms with Gasteiger partial charge in [0.2, 0.25) is 18.6 Å². The Morgan fingerprint density at radius 3 is 2.61 bits per heavy atom. The van der Waals surface area contributed by atoms with Crippen molar-refractivity contribution in [1.82, 2.24) is 9.80 Å². The number of fused-ring (bicyclic) bond motifs is 2. The number of rotatable bonds is 1. The Kier molecular flexibility index (Phi) is 3.45. The molecule has 146 valence electrons. The molecule has 1 fully saturated rings. The highest BCUT2D eigenvalue weighted by molar-refractivity contribution is 5.99. The maximum Gasteiger partial charge on any atom is 0.247 e. The molecule has 5 rings (SSSR count). The molecule has 0 radical (unpaired) electrons. The van der Waals surface area contributed by atoms with Crippen molar-refractivity contribution in [3.8, 4) is 11.5 Å². The summed E-state index contributed by atoms with van der Waals surface area (Å²) in [5, 5.41) is 0. The van der Waals surface area contributed by atoms with Crippen LogP contribution in [0.4, 0.5) is 0 Å². The third kappa shape index (κ3) is 2.02. The second-order valence-electron chi connectivity index (χ2n) is 8.20. The fourth-order valence-electron chi connectivity index (χ4n) is 5.38. The van der Waals surface area contributed by atoms with Crippen LogP contribution in [-0.2, 0) is 26.3 Å². The van der Waals surface area contributed by atoms with Crippen molar-refractivity contribution in [2.75, 3.05) is 6.79 Å². The fourth-order valence-corrected chi connectivity index (χ4v) is 5.38. The van der Waals surface area contributed by atoms with E-state index in [0.29, 0.717) is 18.0 Å².